The molecular weight excluding hydrogens is 271 g/mol. The van der Waals surface area contributed by atoms with Crippen molar-refractivity contribution in [3.8, 4) is 0 Å². The number of hydrogen-bond donors (Lipinski definition) is 2. The standard InChI is InChI=1S/C9H6B4S.C5H12N2/c10-3-5-6(11)4-1-2-14-9(4)8(13)7(5)12;6-4-5-2-1-3-7-5/h1-3H2;5,7H,1-4,6H2. The summed E-state index contributed by atoms with van der Waals surface area (Å²) in [6.07, 6.45) is 3.89. The molecule has 2 heterocycles. The highest BCUT2D eigenvalue weighted by Gasteiger charge is 2.19. The molecule has 0 bridgehead atoms. The second-order valence-electron chi connectivity index (χ2n) is 5.36. The normalized spacial score (nSPS) is 20.0. The van der Waals surface area contributed by atoms with Crippen molar-refractivity contribution in [3.63, 3.8) is 0 Å². The average molecular weight is 290 g/mol. The second kappa shape index (κ2) is 7.84. The van der Waals surface area contributed by atoms with Gasteiger partial charge in [0.25, 0.3) is 0 Å². The van der Waals surface area contributed by atoms with Crippen molar-refractivity contribution in [3.05, 3.63) is 11.1 Å². The van der Waals surface area contributed by atoms with E-state index in [1.54, 1.807) is 11.8 Å². The van der Waals surface area contributed by atoms with Gasteiger partial charge in [-0.2, -0.15) is 0 Å². The molecule has 1 unspecified atom stereocenters. The van der Waals surface area contributed by atoms with Gasteiger partial charge in [-0.1, -0.05) is 22.8 Å². The SMILES string of the molecule is NCC1CCCN1.[B]Cc1c([B])c([B])c2c(c1[B])CCS2. The second-order valence-corrected chi connectivity index (χ2v) is 6.46. The summed E-state index contributed by atoms with van der Waals surface area (Å²) in [4.78, 5) is 1.05. The minimum atomic E-state index is 0.347. The highest BCUT2D eigenvalue weighted by Crippen LogP contribution is 2.27. The van der Waals surface area contributed by atoms with Crippen LogP contribution in [-0.4, -0.2) is 56.3 Å². The molecule has 0 amide bonds. The zero-order valence-electron chi connectivity index (χ0n) is 12.3. The van der Waals surface area contributed by atoms with E-state index < -0.39 is 0 Å². The first kappa shape index (κ1) is 17.1. The fourth-order valence-electron chi connectivity index (χ4n) is 2.74. The van der Waals surface area contributed by atoms with Crippen LogP contribution in [0.4, 0.5) is 0 Å². The summed E-state index contributed by atoms with van der Waals surface area (Å²) in [6, 6.07) is 0.625. The Morgan fingerprint density at radius 1 is 1.19 bits per heavy atom. The Balaban J connectivity index is 0.000000194. The number of rotatable bonds is 2. The van der Waals surface area contributed by atoms with Gasteiger partial charge in [-0.05, 0) is 31.4 Å². The molecule has 0 saturated carbocycles. The van der Waals surface area contributed by atoms with E-state index in [2.05, 4.69) is 5.32 Å². The van der Waals surface area contributed by atoms with Crippen LogP contribution >= 0.6 is 11.8 Å². The molecular formula is C14H18B4N2S. The van der Waals surface area contributed by atoms with Crippen molar-refractivity contribution in [2.75, 3.05) is 18.8 Å². The van der Waals surface area contributed by atoms with Gasteiger partial charge in [0.2, 0.25) is 0 Å². The van der Waals surface area contributed by atoms with Crippen LogP contribution in [-0.2, 0) is 12.7 Å². The monoisotopic (exact) mass is 290 g/mol. The Kier molecular flexibility index (Phi) is 6.39. The first-order chi connectivity index (χ1) is 10.1. The highest BCUT2D eigenvalue weighted by atomic mass is 32.2. The molecule has 21 heavy (non-hydrogen) atoms. The summed E-state index contributed by atoms with van der Waals surface area (Å²) in [7, 11) is 23.4. The zero-order valence-corrected chi connectivity index (χ0v) is 13.1. The Labute approximate surface area is 137 Å². The fourth-order valence-corrected chi connectivity index (χ4v) is 3.91. The van der Waals surface area contributed by atoms with Crippen LogP contribution in [0.5, 0.6) is 0 Å². The van der Waals surface area contributed by atoms with Crippen LogP contribution in [0, 0.1) is 0 Å². The number of hydrogen-bond acceptors (Lipinski definition) is 3. The zero-order chi connectivity index (χ0) is 15.4. The molecule has 1 saturated heterocycles. The molecule has 2 aliphatic rings. The number of fused-ring (bicyclic) bond motifs is 1. The van der Waals surface area contributed by atoms with Crippen LogP contribution in [0.15, 0.2) is 4.90 Å². The molecule has 1 aromatic carbocycles. The maximum atomic E-state index is 5.99. The molecule has 8 radical (unpaired) electrons. The lowest BCUT2D eigenvalue weighted by Crippen LogP contribution is -2.38. The van der Waals surface area contributed by atoms with E-state index in [-0.39, 0.29) is 0 Å². The van der Waals surface area contributed by atoms with Crippen LogP contribution in [0.3, 0.4) is 0 Å². The Hall–Kier alpha value is -0.250. The third-order valence-corrected chi connectivity index (χ3v) is 5.20. The van der Waals surface area contributed by atoms with E-state index in [4.69, 9.17) is 37.1 Å². The molecule has 1 fully saturated rings. The minimum Gasteiger partial charge on any atom is -0.329 e. The van der Waals surface area contributed by atoms with Crippen LogP contribution in [0.1, 0.15) is 24.0 Å². The highest BCUT2D eigenvalue weighted by molar-refractivity contribution is 7.99. The molecule has 102 valence electrons. The van der Waals surface area contributed by atoms with Gasteiger partial charge in [0.15, 0.2) is 0 Å². The van der Waals surface area contributed by atoms with E-state index in [9.17, 15) is 0 Å². The minimum absolute atomic E-state index is 0.347. The Morgan fingerprint density at radius 3 is 2.48 bits per heavy atom. The first-order valence-electron chi connectivity index (χ1n) is 7.34. The summed E-state index contributed by atoms with van der Waals surface area (Å²) in [5.74, 6) is 1.02. The van der Waals surface area contributed by atoms with E-state index in [0.717, 1.165) is 40.2 Å². The van der Waals surface area contributed by atoms with Gasteiger partial charge in [-0.15, -0.1) is 17.2 Å². The Bertz CT molecular complexity index is 498. The summed E-state index contributed by atoms with van der Waals surface area (Å²) in [5, 5.41) is 3.28. The number of nitrogens with two attached hydrogens (primary N) is 1. The van der Waals surface area contributed by atoms with Crippen LogP contribution in [0.25, 0.3) is 0 Å². The summed E-state index contributed by atoms with van der Waals surface area (Å²) >= 11 is 1.72. The number of benzene rings is 1. The van der Waals surface area contributed by atoms with Crippen molar-refractivity contribution in [1.82, 2.24) is 5.32 Å². The number of nitrogens with one attached hydrogen (secondary N) is 1. The molecule has 3 rings (SSSR count). The lowest BCUT2D eigenvalue weighted by molar-refractivity contribution is 0.616. The number of thioether (sulfide) groups is 1. The molecule has 0 aromatic heterocycles. The summed E-state index contributed by atoms with van der Waals surface area (Å²) in [5.41, 5.74) is 9.23. The maximum Gasteiger partial charge on any atom is 0.114 e. The Morgan fingerprint density at radius 2 is 1.95 bits per heavy atom. The van der Waals surface area contributed by atoms with Gasteiger partial charge in [0.05, 0.1) is 7.85 Å². The topological polar surface area (TPSA) is 38.0 Å². The van der Waals surface area contributed by atoms with Crippen LogP contribution < -0.4 is 27.4 Å². The molecule has 2 nitrogen and oxygen atoms in total. The molecule has 7 heteroatoms. The average Bonchev–Trinajstić information content (AvgIpc) is 3.17. The quantitative estimate of drug-likeness (QED) is 0.624. The lowest BCUT2D eigenvalue weighted by Gasteiger charge is -2.18. The van der Waals surface area contributed by atoms with E-state index in [1.807, 2.05) is 0 Å². The third-order valence-electron chi connectivity index (χ3n) is 4.03. The largest absolute Gasteiger partial charge is 0.329 e. The van der Waals surface area contributed by atoms with Crippen molar-refractivity contribution in [1.29, 1.82) is 0 Å². The fraction of sp³-hybridized carbons (Fsp3) is 0.571. The molecule has 0 spiro atoms. The third kappa shape index (κ3) is 3.75. The molecule has 0 aliphatic carbocycles. The smallest absolute Gasteiger partial charge is 0.114 e. The summed E-state index contributed by atoms with van der Waals surface area (Å²) in [6.45, 7) is 1.97. The van der Waals surface area contributed by atoms with Gasteiger partial charge in [0, 0.05) is 23.2 Å². The lowest BCUT2D eigenvalue weighted by atomic mass is 9.68. The van der Waals surface area contributed by atoms with Crippen molar-refractivity contribution < 1.29 is 0 Å². The van der Waals surface area contributed by atoms with Gasteiger partial charge >= 0.3 is 0 Å². The van der Waals surface area contributed by atoms with Crippen LogP contribution in [0.2, 0.25) is 0 Å². The van der Waals surface area contributed by atoms with Gasteiger partial charge in [-0.3, -0.25) is 0 Å². The van der Waals surface area contributed by atoms with Crippen molar-refractivity contribution >= 4 is 59.5 Å². The van der Waals surface area contributed by atoms with Gasteiger partial charge in [0.1, 0.15) is 23.5 Å². The predicted molar refractivity (Wildman–Crippen MR) is 96.6 cm³/mol. The van der Waals surface area contributed by atoms with Gasteiger partial charge in [-0.25, -0.2) is 0 Å². The van der Waals surface area contributed by atoms with Crippen molar-refractivity contribution in [2.24, 2.45) is 5.73 Å². The summed E-state index contributed by atoms with van der Waals surface area (Å²) < 4.78 is 0. The predicted octanol–water partition coefficient (Wildman–Crippen LogP) is -1.92. The first-order valence-corrected chi connectivity index (χ1v) is 8.33. The van der Waals surface area contributed by atoms with E-state index >= 15 is 0 Å². The molecule has 3 N–H and O–H groups in total. The molecule has 1 atom stereocenters. The maximum absolute atomic E-state index is 5.99. The van der Waals surface area contributed by atoms with E-state index in [1.165, 1.54) is 19.4 Å². The van der Waals surface area contributed by atoms with Gasteiger partial charge < -0.3 is 11.1 Å². The molecule has 2 aliphatic heterocycles. The van der Waals surface area contributed by atoms with E-state index in [0.29, 0.717) is 23.3 Å². The molecule has 1 aromatic rings. The van der Waals surface area contributed by atoms with Crippen molar-refractivity contribution in [2.45, 2.75) is 36.5 Å².